The molecule has 1 atom stereocenters. The van der Waals surface area contributed by atoms with Crippen molar-refractivity contribution in [3.8, 4) is 0 Å². The number of hydrogen-bond acceptors (Lipinski definition) is 2. The van der Waals surface area contributed by atoms with Gasteiger partial charge in [0, 0.05) is 12.7 Å². The van der Waals surface area contributed by atoms with E-state index in [2.05, 4.69) is 26.2 Å². The van der Waals surface area contributed by atoms with Crippen molar-refractivity contribution in [3.05, 3.63) is 65.7 Å². The standard InChI is InChI=1S/C14H12BrFN2O/c15-12(10-4-2-1-3-5-10)8-18-14(19)11-6-7-17-9-13(11)16/h1-7,9,12H,8H2,(H,18,19). The number of halogens is 2. The quantitative estimate of drug-likeness (QED) is 0.879. The fourth-order valence-corrected chi connectivity index (χ4v) is 2.08. The van der Waals surface area contributed by atoms with Gasteiger partial charge in [-0.15, -0.1) is 0 Å². The predicted octanol–water partition coefficient (Wildman–Crippen LogP) is 3.09. The summed E-state index contributed by atoms with van der Waals surface area (Å²) in [5.74, 6) is -1.06. The molecule has 1 aromatic heterocycles. The van der Waals surface area contributed by atoms with Crippen LogP contribution in [0.1, 0.15) is 20.7 Å². The zero-order valence-corrected chi connectivity index (χ0v) is 11.6. The van der Waals surface area contributed by atoms with Gasteiger partial charge in [-0.2, -0.15) is 0 Å². The van der Waals surface area contributed by atoms with Crippen LogP contribution in [0.3, 0.4) is 0 Å². The predicted molar refractivity (Wildman–Crippen MR) is 74.6 cm³/mol. The van der Waals surface area contributed by atoms with Crippen LogP contribution < -0.4 is 5.32 Å². The lowest BCUT2D eigenvalue weighted by Gasteiger charge is -2.11. The topological polar surface area (TPSA) is 42.0 Å². The molecular formula is C14H12BrFN2O. The average molecular weight is 323 g/mol. The highest BCUT2D eigenvalue weighted by atomic mass is 79.9. The molecule has 0 fully saturated rings. The van der Waals surface area contributed by atoms with Crippen LogP contribution in [0.5, 0.6) is 0 Å². The van der Waals surface area contributed by atoms with Gasteiger partial charge >= 0.3 is 0 Å². The molecule has 2 rings (SSSR count). The van der Waals surface area contributed by atoms with Crippen molar-refractivity contribution >= 4 is 21.8 Å². The zero-order valence-electron chi connectivity index (χ0n) is 10.0. The maximum atomic E-state index is 13.4. The molecule has 1 N–H and O–H groups in total. The van der Waals surface area contributed by atoms with Crippen molar-refractivity contribution in [2.75, 3.05) is 6.54 Å². The van der Waals surface area contributed by atoms with Gasteiger partial charge in [-0.05, 0) is 11.6 Å². The first kappa shape index (κ1) is 13.7. The summed E-state index contributed by atoms with van der Waals surface area (Å²) in [5.41, 5.74) is 1.06. The van der Waals surface area contributed by atoms with Gasteiger partial charge in [0.15, 0.2) is 5.82 Å². The van der Waals surface area contributed by atoms with E-state index >= 15 is 0 Å². The van der Waals surface area contributed by atoms with E-state index in [1.165, 1.54) is 12.3 Å². The number of benzene rings is 1. The molecule has 19 heavy (non-hydrogen) atoms. The normalized spacial score (nSPS) is 11.9. The zero-order chi connectivity index (χ0) is 13.7. The van der Waals surface area contributed by atoms with Crippen molar-refractivity contribution in [2.24, 2.45) is 0 Å². The van der Waals surface area contributed by atoms with Crippen molar-refractivity contribution < 1.29 is 9.18 Å². The number of carbonyl (C=O) groups excluding carboxylic acids is 1. The maximum absolute atomic E-state index is 13.4. The first-order valence-electron chi connectivity index (χ1n) is 5.75. The summed E-state index contributed by atoms with van der Waals surface area (Å²) in [6.07, 6.45) is 2.42. The number of aromatic nitrogens is 1. The summed E-state index contributed by atoms with van der Waals surface area (Å²) >= 11 is 3.48. The third-order valence-electron chi connectivity index (χ3n) is 2.62. The monoisotopic (exact) mass is 322 g/mol. The highest BCUT2D eigenvalue weighted by molar-refractivity contribution is 9.09. The highest BCUT2D eigenvalue weighted by Crippen LogP contribution is 2.21. The van der Waals surface area contributed by atoms with Crippen molar-refractivity contribution in [3.63, 3.8) is 0 Å². The van der Waals surface area contributed by atoms with Crippen LogP contribution in [0, 0.1) is 5.82 Å². The van der Waals surface area contributed by atoms with Crippen LogP contribution in [0.2, 0.25) is 0 Å². The van der Waals surface area contributed by atoms with E-state index in [9.17, 15) is 9.18 Å². The van der Waals surface area contributed by atoms with E-state index in [0.29, 0.717) is 6.54 Å². The minimum atomic E-state index is -0.620. The molecule has 0 saturated heterocycles. The number of alkyl halides is 1. The molecule has 98 valence electrons. The lowest BCUT2D eigenvalue weighted by Crippen LogP contribution is -2.27. The van der Waals surface area contributed by atoms with Gasteiger partial charge in [-0.1, -0.05) is 46.3 Å². The van der Waals surface area contributed by atoms with Crippen molar-refractivity contribution in [1.29, 1.82) is 0 Å². The molecule has 1 unspecified atom stereocenters. The second-order valence-corrected chi connectivity index (χ2v) is 5.05. The van der Waals surface area contributed by atoms with Gasteiger partial charge in [0.1, 0.15) is 0 Å². The molecule has 0 aliphatic rings. The molecule has 0 bridgehead atoms. The molecule has 0 radical (unpaired) electrons. The third-order valence-corrected chi connectivity index (χ3v) is 3.47. The van der Waals surface area contributed by atoms with Crippen LogP contribution in [0.15, 0.2) is 48.8 Å². The van der Waals surface area contributed by atoms with E-state index in [1.807, 2.05) is 30.3 Å². The van der Waals surface area contributed by atoms with Crippen LogP contribution in [-0.4, -0.2) is 17.4 Å². The Morgan fingerprint density at radius 1 is 1.32 bits per heavy atom. The summed E-state index contributed by atoms with van der Waals surface area (Å²) in [6.45, 7) is 0.380. The minimum Gasteiger partial charge on any atom is -0.350 e. The fraction of sp³-hybridized carbons (Fsp3) is 0.143. The van der Waals surface area contributed by atoms with E-state index in [1.54, 1.807) is 0 Å². The molecule has 1 amide bonds. The average Bonchev–Trinajstić information content (AvgIpc) is 2.46. The SMILES string of the molecule is O=C(NCC(Br)c1ccccc1)c1ccncc1F. The Balaban J connectivity index is 1.96. The van der Waals surface area contributed by atoms with Gasteiger partial charge < -0.3 is 5.32 Å². The first-order valence-corrected chi connectivity index (χ1v) is 6.67. The van der Waals surface area contributed by atoms with Crippen molar-refractivity contribution in [1.82, 2.24) is 10.3 Å². The maximum Gasteiger partial charge on any atom is 0.254 e. The van der Waals surface area contributed by atoms with Crippen molar-refractivity contribution in [2.45, 2.75) is 4.83 Å². The molecule has 3 nitrogen and oxygen atoms in total. The van der Waals surface area contributed by atoms with E-state index < -0.39 is 11.7 Å². The minimum absolute atomic E-state index is 0.00256. The molecule has 1 aromatic carbocycles. The highest BCUT2D eigenvalue weighted by Gasteiger charge is 2.13. The Morgan fingerprint density at radius 3 is 2.74 bits per heavy atom. The van der Waals surface area contributed by atoms with Gasteiger partial charge in [0.05, 0.1) is 16.6 Å². The number of nitrogens with one attached hydrogen (secondary N) is 1. The molecule has 2 aromatic rings. The molecule has 0 saturated carbocycles. The van der Waals surface area contributed by atoms with Gasteiger partial charge in [0.25, 0.3) is 5.91 Å². The Morgan fingerprint density at radius 2 is 2.05 bits per heavy atom. The lowest BCUT2D eigenvalue weighted by molar-refractivity contribution is 0.0950. The molecule has 1 heterocycles. The van der Waals surface area contributed by atoms with Crippen LogP contribution >= 0.6 is 15.9 Å². The molecule has 5 heteroatoms. The number of amides is 1. The number of nitrogens with zero attached hydrogens (tertiary/aromatic N) is 1. The number of pyridine rings is 1. The number of rotatable bonds is 4. The summed E-state index contributed by atoms with van der Waals surface area (Å²) in [5, 5.41) is 2.68. The third kappa shape index (κ3) is 3.61. The number of hydrogen-bond donors (Lipinski definition) is 1. The Kier molecular flexibility index (Phi) is 4.63. The molecule has 0 aliphatic carbocycles. The first-order chi connectivity index (χ1) is 9.18. The van der Waals surface area contributed by atoms with Crippen LogP contribution in [-0.2, 0) is 0 Å². The summed E-state index contributed by atoms with van der Waals surface area (Å²) in [7, 11) is 0. The second kappa shape index (κ2) is 6.43. The van der Waals surface area contributed by atoms with Gasteiger partial charge in [0.2, 0.25) is 0 Å². The van der Waals surface area contributed by atoms with Gasteiger partial charge in [-0.25, -0.2) is 4.39 Å². The van der Waals surface area contributed by atoms with E-state index in [0.717, 1.165) is 11.8 Å². The number of carbonyl (C=O) groups is 1. The Labute approximate surface area is 119 Å². The lowest BCUT2D eigenvalue weighted by atomic mass is 10.1. The summed E-state index contributed by atoms with van der Waals surface area (Å²) < 4.78 is 13.4. The molecular weight excluding hydrogens is 311 g/mol. The van der Waals surface area contributed by atoms with E-state index in [4.69, 9.17) is 0 Å². The molecule has 0 spiro atoms. The van der Waals surface area contributed by atoms with Crippen LogP contribution in [0.4, 0.5) is 4.39 Å². The fourth-order valence-electron chi connectivity index (χ4n) is 1.62. The summed E-state index contributed by atoms with van der Waals surface area (Å²) in [4.78, 5) is 15.4. The molecule has 0 aliphatic heterocycles. The Hall–Kier alpha value is -1.75. The van der Waals surface area contributed by atoms with Crippen LogP contribution in [0.25, 0.3) is 0 Å². The van der Waals surface area contributed by atoms with E-state index in [-0.39, 0.29) is 10.4 Å². The van der Waals surface area contributed by atoms with Gasteiger partial charge in [-0.3, -0.25) is 9.78 Å². The summed E-state index contributed by atoms with van der Waals surface area (Å²) in [6, 6.07) is 11.0. The Bertz CT molecular complexity index is 562. The largest absolute Gasteiger partial charge is 0.350 e. The second-order valence-electron chi connectivity index (χ2n) is 3.94. The smallest absolute Gasteiger partial charge is 0.254 e.